The van der Waals surface area contributed by atoms with Crippen molar-refractivity contribution in [1.82, 2.24) is 4.90 Å². The van der Waals surface area contributed by atoms with Gasteiger partial charge in [-0.2, -0.15) is 0 Å². The number of ketones is 1. The van der Waals surface area contributed by atoms with Gasteiger partial charge in [0.05, 0.1) is 0 Å². The first-order valence-corrected chi connectivity index (χ1v) is 12.9. The van der Waals surface area contributed by atoms with E-state index in [-0.39, 0.29) is 17.3 Å². The van der Waals surface area contributed by atoms with Gasteiger partial charge in [0.2, 0.25) is 5.78 Å². The number of hydrogen-bond acceptors (Lipinski definition) is 5. The molecule has 0 aliphatic carbocycles. The molecule has 1 aromatic heterocycles. The van der Waals surface area contributed by atoms with Gasteiger partial charge in [-0.3, -0.25) is 9.69 Å². The number of phenols is 1. The number of hydrogen-bond donors (Lipinski definition) is 1. The Labute approximate surface area is 215 Å². The number of likely N-dealkylation sites (tertiary alicyclic amines) is 1. The molecule has 0 amide bonds. The van der Waals surface area contributed by atoms with E-state index in [1.807, 2.05) is 42.5 Å². The summed E-state index contributed by atoms with van der Waals surface area (Å²) in [7, 11) is 0. The zero-order valence-corrected chi connectivity index (χ0v) is 20.7. The van der Waals surface area contributed by atoms with Crippen molar-refractivity contribution in [2.45, 2.75) is 19.3 Å². The molecule has 5 heteroatoms. The van der Waals surface area contributed by atoms with Crippen molar-refractivity contribution in [2.24, 2.45) is 0 Å². The average molecular weight is 492 g/mol. The van der Waals surface area contributed by atoms with Crippen LogP contribution >= 0.6 is 0 Å². The van der Waals surface area contributed by atoms with Crippen molar-refractivity contribution < 1.29 is 19.1 Å². The minimum atomic E-state index is -0.222. The quantitative estimate of drug-likeness (QED) is 0.247. The lowest BCUT2D eigenvalue weighted by molar-refractivity contribution is 0.101. The Bertz CT molecular complexity index is 1570. The predicted octanol–water partition coefficient (Wildman–Crippen LogP) is 7.05. The van der Waals surface area contributed by atoms with Crippen molar-refractivity contribution in [3.8, 4) is 22.6 Å². The molecule has 186 valence electrons. The minimum Gasteiger partial charge on any atom is -0.508 e. The van der Waals surface area contributed by atoms with E-state index in [1.54, 1.807) is 24.3 Å². The largest absolute Gasteiger partial charge is 0.508 e. The normalized spacial score (nSPS) is 14.3. The number of phenolic OH excluding ortho intramolecular Hbond substituents is 1. The summed E-state index contributed by atoms with van der Waals surface area (Å²) in [4.78, 5) is 16.3. The Morgan fingerprint density at radius 3 is 2.57 bits per heavy atom. The molecular weight excluding hydrogens is 462 g/mol. The summed E-state index contributed by atoms with van der Waals surface area (Å²) in [5, 5.41) is 13.0. The van der Waals surface area contributed by atoms with Crippen molar-refractivity contribution in [1.29, 1.82) is 0 Å². The maximum absolute atomic E-state index is 13.9. The number of rotatable bonds is 7. The number of carbonyl (C=O) groups excluding carboxylic acids is 1. The average Bonchev–Trinajstić information content (AvgIpc) is 3.31. The maximum Gasteiger partial charge on any atom is 0.229 e. The van der Waals surface area contributed by atoms with E-state index >= 15 is 0 Å². The fourth-order valence-corrected chi connectivity index (χ4v) is 5.29. The van der Waals surface area contributed by atoms with Gasteiger partial charge in [0.25, 0.3) is 0 Å². The number of piperidine rings is 1. The van der Waals surface area contributed by atoms with Gasteiger partial charge >= 0.3 is 0 Å². The summed E-state index contributed by atoms with van der Waals surface area (Å²) >= 11 is 0. The number of ether oxygens (including phenoxy) is 1. The van der Waals surface area contributed by atoms with E-state index in [9.17, 15) is 9.90 Å². The monoisotopic (exact) mass is 491 g/mol. The van der Waals surface area contributed by atoms with Crippen LogP contribution in [0, 0.1) is 0 Å². The highest BCUT2D eigenvalue weighted by Gasteiger charge is 2.25. The van der Waals surface area contributed by atoms with Crippen LogP contribution in [0.25, 0.3) is 32.9 Å². The van der Waals surface area contributed by atoms with Gasteiger partial charge in [-0.15, -0.1) is 0 Å². The van der Waals surface area contributed by atoms with Gasteiger partial charge in [-0.1, -0.05) is 61.0 Å². The molecule has 0 saturated carbocycles. The third kappa shape index (κ3) is 4.70. The number of carbonyl (C=O) groups is 1. The fraction of sp³-hybridized carbons (Fsp3) is 0.219. The summed E-state index contributed by atoms with van der Waals surface area (Å²) in [5.41, 5.74) is 2.62. The van der Waals surface area contributed by atoms with E-state index in [4.69, 9.17) is 9.15 Å². The molecule has 0 unspecified atom stereocenters. The first kappa shape index (κ1) is 23.3. The standard InChI is InChI=1S/C32H29NO4/c34-24-14-15-28-29(21-24)37-32(30(28)27-13-7-9-22-8-2-3-12-26(22)27)31(35)23-10-6-11-25(20-23)36-19-18-33-16-4-1-5-17-33/h2-3,6-15,20-21,34H,1,4-5,16-19H2. The molecule has 1 aliphatic heterocycles. The van der Waals surface area contributed by atoms with Gasteiger partial charge < -0.3 is 14.3 Å². The molecule has 6 rings (SSSR count). The van der Waals surface area contributed by atoms with Crippen molar-refractivity contribution in [3.63, 3.8) is 0 Å². The second-order valence-corrected chi connectivity index (χ2v) is 9.62. The Balaban J connectivity index is 1.36. The molecule has 1 saturated heterocycles. The van der Waals surface area contributed by atoms with E-state index in [0.717, 1.165) is 46.9 Å². The number of furan rings is 1. The number of nitrogens with zero attached hydrogens (tertiary/aromatic N) is 1. The maximum atomic E-state index is 13.9. The SMILES string of the molecule is O=C(c1cccc(OCCN2CCCCC2)c1)c1oc2cc(O)ccc2c1-c1cccc2ccccc12. The highest BCUT2D eigenvalue weighted by molar-refractivity contribution is 6.18. The molecule has 0 atom stereocenters. The molecule has 37 heavy (non-hydrogen) atoms. The number of aromatic hydroxyl groups is 1. The van der Waals surface area contributed by atoms with Crippen LogP contribution in [0.5, 0.6) is 11.5 Å². The van der Waals surface area contributed by atoms with Crippen molar-refractivity contribution in [2.75, 3.05) is 26.2 Å². The topological polar surface area (TPSA) is 62.9 Å². The second kappa shape index (κ2) is 10.1. The number of benzene rings is 4. The van der Waals surface area contributed by atoms with Crippen LogP contribution in [-0.2, 0) is 0 Å². The molecule has 0 bridgehead atoms. The lowest BCUT2D eigenvalue weighted by Crippen LogP contribution is -2.33. The molecule has 1 N–H and O–H groups in total. The Kier molecular flexibility index (Phi) is 6.37. The first-order chi connectivity index (χ1) is 18.2. The highest BCUT2D eigenvalue weighted by atomic mass is 16.5. The Morgan fingerprint density at radius 1 is 0.865 bits per heavy atom. The summed E-state index contributed by atoms with van der Waals surface area (Å²) < 4.78 is 12.2. The van der Waals surface area contributed by atoms with E-state index in [2.05, 4.69) is 23.1 Å². The lowest BCUT2D eigenvalue weighted by Gasteiger charge is -2.26. The van der Waals surface area contributed by atoms with Crippen LogP contribution < -0.4 is 4.74 Å². The van der Waals surface area contributed by atoms with Gasteiger partial charge in [0.1, 0.15) is 23.7 Å². The fourth-order valence-electron chi connectivity index (χ4n) is 5.29. The van der Waals surface area contributed by atoms with Crippen LogP contribution in [-0.4, -0.2) is 42.0 Å². The molecule has 5 aromatic rings. The molecule has 1 fully saturated rings. The molecule has 4 aromatic carbocycles. The zero-order valence-electron chi connectivity index (χ0n) is 20.7. The molecular formula is C32H29NO4. The smallest absolute Gasteiger partial charge is 0.229 e. The van der Waals surface area contributed by atoms with E-state index in [0.29, 0.717) is 23.5 Å². The van der Waals surface area contributed by atoms with Crippen LogP contribution in [0.3, 0.4) is 0 Å². The van der Waals surface area contributed by atoms with E-state index < -0.39 is 0 Å². The molecule has 0 spiro atoms. The van der Waals surface area contributed by atoms with Crippen molar-refractivity contribution >= 4 is 27.5 Å². The van der Waals surface area contributed by atoms with Crippen LogP contribution in [0.15, 0.2) is 89.3 Å². The third-order valence-electron chi connectivity index (χ3n) is 7.16. The zero-order chi connectivity index (χ0) is 25.2. The molecule has 0 radical (unpaired) electrons. The highest BCUT2D eigenvalue weighted by Crippen LogP contribution is 2.40. The lowest BCUT2D eigenvalue weighted by atomic mass is 9.93. The summed E-state index contributed by atoms with van der Waals surface area (Å²) in [5.74, 6) is 0.791. The second-order valence-electron chi connectivity index (χ2n) is 9.62. The summed E-state index contributed by atoms with van der Waals surface area (Å²) in [6, 6.07) is 26.4. The summed E-state index contributed by atoms with van der Waals surface area (Å²) in [6.45, 7) is 3.72. The predicted molar refractivity (Wildman–Crippen MR) is 146 cm³/mol. The minimum absolute atomic E-state index is 0.0915. The van der Waals surface area contributed by atoms with E-state index in [1.165, 1.54) is 19.3 Å². The van der Waals surface area contributed by atoms with Gasteiger partial charge in [-0.05, 0) is 66.5 Å². The van der Waals surface area contributed by atoms with Crippen LogP contribution in [0.2, 0.25) is 0 Å². The van der Waals surface area contributed by atoms with Gasteiger partial charge in [0, 0.05) is 29.1 Å². The third-order valence-corrected chi connectivity index (χ3v) is 7.16. The first-order valence-electron chi connectivity index (χ1n) is 12.9. The van der Waals surface area contributed by atoms with Gasteiger partial charge in [0.15, 0.2) is 5.76 Å². The molecule has 1 aliphatic rings. The summed E-state index contributed by atoms with van der Waals surface area (Å²) in [6.07, 6.45) is 3.81. The van der Waals surface area contributed by atoms with Crippen molar-refractivity contribution in [3.05, 3.63) is 96.3 Å². The van der Waals surface area contributed by atoms with Crippen LogP contribution in [0.1, 0.15) is 35.4 Å². The Hall–Kier alpha value is -4.09. The Morgan fingerprint density at radius 2 is 1.68 bits per heavy atom. The van der Waals surface area contributed by atoms with Gasteiger partial charge in [-0.25, -0.2) is 0 Å². The van der Waals surface area contributed by atoms with Crippen LogP contribution in [0.4, 0.5) is 0 Å². The number of fused-ring (bicyclic) bond motifs is 2. The molecule has 2 heterocycles. The molecule has 5 nitrogen and oxygen atoms in total.